The van der Waals surface area contributed by atoms with Gasteiger partial charge < -0.3 is 14.5 Å². The number of carbonyl (C=O) groups excluding carboxylic acids is 1. The molecule has 172 valence electrons. The molecule has 0 spiro atoms. The van der Waals surface area contributed by atoms with Crippen molar-refractivity contribution in [1.29, 1.82) is 5.26 Å². The normalized spacial score (nSPS) is 17.5. The maximum absolute atomic E-state index is 13.4. The number of nitro groups is 1. The van der Waals surface area contributed by atoms with Crippen molar-refractivity contribution < 1.29 is 14.5 Å². The van der Waals surface area contributed by atoms with Crippen molar-refractivity contribution in [3.05, 3.63) is 63.7 Å². The third-order valence-corrected chi connectivity index (χ3v) is 6.39. The van der Waals surface area contributed by atoms with Gasteiger partial charge in [0.2, 0.25) is 0 Å². The third-order valence-electron chi connectivity index (χ3n) is 6.39. The number of carbonyl (C=O) groups is 1. The largest absolute Gasteiger partial charge is 0.497 e. The summed E-state index contributed by atoms with van der Waals surface area (Å²) in [7, 11) is 1.60. The molecule has 0 aliphatic carbocycles. The molecule has 2 saturated heterocycles. The van der Waals surface area contributed by atoms with Gasteiger partial charge >= 0.3 is 0 Å². The summed E-state index contributed by atoms with van der Waals surface area (Å²) in [5.74, 6) is 0.537. The standard InChI is InChI=1S/C24H27N5O4/c1-33-20-7-4-18(5-8-20)23(17-25)27-12-14-28(15-13-27)24(30)21-16-19(29(31)32)6-9-22(21)26-10-2-3-11-26/h4-9,16,23H,2-3,10-15H2,1H3. The molecule has 2 aliphatic rings. The Kier molecular flexibility index (Phi) is 6.75. The summed E-state index contributed by atoms with van der Waals surface area (Å²) in [4.78, 5) is 30.2. The van der Waals surface area contributed by atoms with Crippen molar-refractivity contribution in [2.45, 2.75) is 18.9 Å². The first kappa shape index (κ1) is 22.6. The van der Waals surface area contributed by atoms with Crippen molar-refractivity contribution in [2.75, 3.05) is 51.3 Å². The lowest BCUT2D eigenvalue weighted by atomic mass is 10.0. The average Bonchev–Trinajstić information content (AvgIpc) is 3.39. The average molecular weight is 450 g/mol. The molecule has 0 N–H and O–H groups in total. The number of methoxy groups -OCH3 is 1. The van der Waals surface area contributed by atoms with Crippen molar-refractivity contribution in [3.63, 3.8) is 0 Å². The number of amides is 1. The van der Waals surface area contributed by atoms with E-state index in [0.717, 1.165) is 42.9 Å². The van der Waals surface area contributed by atoms with Crippen LogP contribution in [0.3, 0.4) is 0 Å². The maximum atomic E-state index is 13.4. The van der Waals surface area contributed by atoms with Crippen molar-refractivity contribution in [1.82, 2.24) is 9.80 Å². The van der Waals surface area contributed by atoms with Gasteiger partial charge in [0.1, 0.15) is 11.8 Å². The van der Waals surface area contributed by atoms with E-state index in [4.69, 9.17) is 4.74 Å². The highest BCUT2D eigenvalue weighted by Gasteiger charge is 2.30. The van der Waals surface area contributed by atoms with Crippen LogP contribution in [-0.2, 0) is 0 Å². The first-order chi connectivity index (χ1) is 16.0. The zero-order valence-electron chi connectivity index (χ0n) is 18.6. The Balaban J connectivity index is 1.49. The van der Waals surface area contributed by atoms with Crippen LogP contribution in [0.1, 0.15) is 34.8 Å². The van der Waals surface area contributed by atoms with Crippen LogP contribution in [0.2, 0.25) is 0 Å². The van der Waals surface area contributed by atoms with Gasteiger partial charge in [0.25, 0.3) is 11.6 Å². The second-order valence-corrected chi connectivity index (χ2v) is 8.29. The van der Waals surface area contributed by atoms with Crippen LogP contribution in [0.5, 0.6) is 5.75 Å². The smallest absolute Gasteiger partial charge is 0.270 e. The van der Waals surface area contributed by atoms with Crippen LogP contribution in [0.25, 0.3) is 0 Å². The van der Waals surface area contributed by atoms with Gasteiger partial charge in [0.15, 0.2) is 0 Å². The molecule has 2 aliphatic heterocycles. The Bertz CT molecular complexity index is 1050. The molecular weight excluding hydrogens is 422 g/mol. The van der Waals surface area contributed by atoms with Crippen LogP contribution in [0, 0.1) is 21.4 Å². The second kappa shape index (κ2) is 9.88. The van der Waals surface area contributed by atoms with Crippen LogP contribution >= 0.6 is 0 Å². The molecule has 0 radical (unpaired) electrons. The second-order valence-electron chi connectivity index (χ2n) is 8.29. The zero-order valence-corrected chi connectivity index (χ0v) is 18.6. The molecule has 4 rings (SSSR count). The number of nitrogens with zero attached hydrogens (tertiary/aromatic N) is 5. The number of hydrogen-bond donors (Lipinski definition) is 0. The van der Waals surface area contributed by atoms with E-state index in [2.05, 4.69) is 15.9 Å². The molecule has 1 amide bonds. The molecular formula is C24H27N5O4. The minimum absolute atomic E-state index is 0.0796. The topological polar surface area (TPSA) is 103 Å². The number of anilines is 1. The fraction of sp³-hybridized carbons (Fsp3) is 0.417. The van der Waals surface area contributed by atoms with Gasteiger partial charge in [0.05, 0.1) is 29.4 Å². The highest BCUT2D eigenvalue weighted by Crippen LogP contribution is 2.30. The Hall–Kier alpha value is -3.64. The molecule has 0 bridgehead atoms. The molecule has 1 unspecified atom stereocenters. The van der Waals surface area contributed by atoms with Crippen LogP contribution < -0.4 is 9.64 Å². The van der Waals surface area contributed by atoms with E-state index in [-0.39, 0.29) is 11.6 Å². The minimum atomic E-state index is -0.463. The Morgan fingerprint density at radius 2 is 1.73 bits per heavy atom. The lowest BCUT2D eigenvalue weighted by molar-refractivity contribution is -0.384. The summed E-state index contributed by atoms with van der Waals surface area (Å²) < 4.78 is 5.19. The van der Waals surface area contributed by atoms with Crippen LogP contribution in [0.15, 0.2) is 42.5 Å². The van der Waals surface area contributed by atoms with Gasteiger partial charge in [-0.1, -0.05) is 12.1 Å². The molecule has 0 aromatic heterocycles. The van der Waals surface area contributed by atoms with Gasteiger partial charge in [0, 0.05) is 51.4 Å². The van der Waals surface area contributed by atoms with Gasteiger partial charge in [-0.25, -0.2) is 0 Å². The van der Waals surface area contributed by atoms with Gasteiger partial charge in [-0.2, -0.15) is 5.26 Å². The fourth-order valence-electron chi connectivity index (χ4n) is 4.55. The van der Waals surface area contributed by atoms with E-state index in [0.29, 0.717) is 31.7 Å². The van der Waals surface area contributed by atoms with Gasteiger partial charge in [-0.3, -0.25) is 19.8 Å². The highest BCUT2D eigenvalue weighted by atomic mass is 16.6. The number of rotatable bonds is 6. The molecule has 0 saturated carbocycles. The summed E-state index contributed by atoms with van der Waals surface area (Å²) >= 11 is 0. The first-order valence-corrected chi connectivity index (χ1v) is 11.1. The molecule has 1 atom stereocenters. The molecule has 9 heteroatoms. The minimum Gasteiger partial charge on any atom is -0.497 e. The van der Waals surface area contributed by atoms with E-state index < -0.39 is 11.0 Å². The predicted octanol–water partition coefficient (Wildman–Crippen LogP) is 3.23. The molecule has 2 aromatic carbocycles. The number of nitro benzene ring substituents is 1. The van der Waals surface area contributed by atoms with E-state index in [1.807, 2.05) is 24.3 Å². The maximum Gasteiger partial charge on any atom is 0.270 e. The Morgan fingerprint density at radius 3 is 2.30 bits per heavy atom. The predicted molar refractivity (Wildman–Crippen MR) is 123 cm³/mol. The van der Waals surface area contributed by atoms with Gasteiger partial charge in [-0.15, -0.1) is 0 Å². The van der Waals surface area contributed by atoms with Gasteiger partial charge in [-0.05, 0) is 36.6 Å². The van der Waals surface area contributed by atoms with Crippen molar-refractivity contribution in [3.8, 4) is 11.8 Å². The zero-order chi connectivity index (χ0) is 23.4. The SMILES string of the molecule is COc1ccc(C(C#N)N2CCN(C(=O)c3cc([N+](=O)[O-])ccc3N3CCCC3)CC2)cc1. The fourth-order valence-corrected chi connectivity index (χ4v) is 4.55. The number of piperazine rings is 1. The van der Waals surface area contributed by atoms with Crippen molar-refractivity contribution >= 4 is 17.3 Å². The number of benzene rings is 2. The number of non-ortho nitro benzene ring substituents is 1. The lowest BCUT2D eigenvalue weighted by Crippen LogP contribution is -2.49. The van der Waals surface area contributed by atoms with Crippen molar-refractivity contribution in [2.24, 2.45) is 0 Å². The molecule has 9 nitrogen and oxygen atoms in total. The van der Waals surface area contributed by atoms with E-state index in [9.17, 15) is 20.2 Å². The highest BCUT2D eigenvalue weighted by molar-refractivity contribution is 6.00. The Morgan fingerprint density at radius 1 is 1.06 bits per heavy atom. The summed E-state index contributed by atoms with van der Waals surface area (Å²) in [6.45, 7) is 3.69. The van der Waals surface area contributed by atoms with Crippen LogP contribution in [-0.4, -0.2) is 67.0 Å². The first-order valence-electron chi connectivity index (χ1n) is 11.1. The quantitative estimate of drug-likeness (QED) is 0.493. The number of ether oxygens (including phenoxy) is 1. The summed E-state index contributed by atoms with van der Waals surface area (Å²) in [6.07, 6.45) is 2.09. The Labute approximate surface area is 192 Å². The summed E-state index contributed by atoms with van der Waals surface area (Å²) in [5.41, 5.74) is 1.95. The molecule has 2 fully saturated rings. The summed E-state index contributed by atoms with van der Waals surface area (Å²) in [6, 6.07) is 14.0. The number of hydrogen-bond acceptors (Lipinski definition) is 7. The number of nitriles is 1. The van der Waals surface area contributed by atoms with E-state index >= 15 is 0 Å². The third kappa shape index (κ3) is 4.76. The molecule has 33 heavy (non-hydrogen) atoms. The van der Waals surface area contributed by atoms with E-state index in [1.54, 1.807) is 18.1 Å². The molecule has 2 heterocycles. The summed E-state index contributed by atoms with van der Waals surface area (Å²) in [5, 5.41) is 21.1. The lowest BCUT2D eigenvalue weighted by Gasteiger charge is -2.37. The van der Waals surface area contributed by atoms with E-state index in [1.165, 1.54) is 12.1 Å². The molecule has 2 aromatic rings. The van der Waals surface area contributed by atoms with Crippen LogP contribution in [0.4, 0.5) is 11.4 Å². The monoisotopic (exact) mass is 449 g/mol.